The van der Waals surface area contributed by atoms with Crippen molar-refractivity contribution in [2.45, 2.75) is 6.42 Å². The molecule has 0 aliphatic rings. The monoisotopic (exact) mass is 260 g/mol. The van der Waals surface area contributed by atoms with Crippen LogP contribution in [0.25, 0.3) is 11.3 Å². The third-order valence-electron chi connectivity index (χ3n) is 2.56. The summed E-state index contributed by atoms with van der Waals surface area (Å²) >= 11 is 0. The van der Waals surface area contributed by atoms with Gasteiger partial charge in [-0.25, -0.2) is 4.98 Å². The number of methoxy groups -OCH3 is 1. The first-order chi connectivity index (χ1) is 9.33. The molecule has 2 N–H and O–H groups in total. The van der Waals surface area contributed by atoms with Crippen molar-refractivity contribution in [3.05, 3.63) is 30.5 Å². The molecule has 1 aromatic carbocycles. The fraction of sp³-hybridized carbons (Fsp3) is 0.308. The Hall–Kier alpha value is -2.21. The van der Waals surface area contributed by atoms with E-state index in [2.05, 4.69) is 20.5 Å². The summed E-state index contributed by atoms with van der Waals surface area (Å²) in [6, 6.07) is 7.58. The first-order valence-corrected chi connectivity index (χ1v) is 6.02. The van der Waals surface area contributed by atoms with Gasteiger partial charge < -0.3 is 15.2 Å². The summed E-state index contributed by atoms with van der Waals surface area (Å²) in [6.45, 7) is 0.753. The molecule has 0 saturated carbocycles. The molecule has 1 aromatic heterocycles. The van der Waals surface area contributed by atoms with Crippen molar-refractivity contribution in [1.29, 1.82) is 0 Å². The minimum atomic E-state index is 0.137. The topological polar surface area (TPSA) is 80.2 Å². The average Bonchev–Trinajstić information content (AvgIpc) is 2.48. The maximum Gasteiger partial charge on any atom is 0.243 e. The lowest BCUT2D eigenvalue weighted by molar-refractivity contribution is 0.292. The highest BCUT2D eigenvalue weighted by molar-refractivity contribution is 5.60. The fourth-order valence-corrected chi connectivity index (χ4v) is 1.56. The number of anilines is 1. The van der Waals surface area contributed by atoms with E-state index in [-0.39, 0.29) is 6.61 Å². The van der Waals surface area contributed by atoms with Crippen LogP contribution in [0, 0.1) is 0 Å². The Labute approximate surface area is 111 Å². The van der Waals surface area contributed by atoms with E-state index in [4.69, 9.17) is 9.84 Å². The summed E-state index contributed by atoms with van der Waals surface area (Å²) in [5, 5.41) is 19.5. The molecule has 0 radical (unpaired) electrons. The van der Waals surface area contributed by atoms with Crippen LogP contribution in [0.5, 0.6) is 5.75 Å². The predicted octanol–water partition coefficient (Wildman–Crippen LogP) is 1.34. The van der Waals surface area contributed by atoms with Crippen LogP contribution in [0.3, 0.4) is 0 Å². The molecule has 0 amide bonds. The van der Waals surface area contributed by atoms with Gasteiger partial charge in [0.1, 0.15) is 5.75 Å². The maximum absolute atomic E-state index is 8.72. The maximum atomic E-state index is 8.72. The smallest absolute Gasteiger partial charge is 0.243 e. The van der Waals surface area contributed by atoms with Crippen molar-refractivity contribution in [2.75, 3.05) is 25.6 Å². The van der Waals surface area contributed by atoms with Gasteiger partial charge >= 0.3 is 0 Å². The van der Waals surface area contributed by atoms with Gasteiger partial charge in [0.15, 0.2) is 0 Å². The van der Waals surface area contributed by atoms with Crippen molar-refractivity contribution in [1.82, 2.24) is 15.2 Å². The fourth-order valence-electron chi connectivity index (χ4n) is 1.56. The second-order valence-corrected chi connectivity index (χ2v) is 3.90. The number of hydrogen-bond donors (Lipinski definition) is 2. The summed E-state index contributed by atoms with van der Waals surface area (Å²) in [6.07, 6.45) is 2.26. The Bertz CT molecular complexity index is 516. The Morgan fingerprint density at radius 3 is 2.74 bits per heavy atom. The van der Waals surface area contributed by atoms with E-state index < -0.39 is 0 Å². The Morgan fingerprint density at radius 2 is 2.05 bits per heavy atom. The normalized spacial score (nSPS) is 10.2. The summed E-state index contributed by atoms with van der Waals surface area (Å²) < 4.78 is 5.11. The molecule has 100 valence electrons. The molecule has 0 aliphatic carbocycles. The van der Waals surface area contributed by atoms with E-state index in [0.717, 1.165) is 17.0 Å². The Morgan fingerprint density at radius 1 is 1.26 bits per heavy atom. The van der Waals surface area contributed by atoms with Gasteiger partial charge in [-0.05, 0) is 30.7 Å². The SMILES string of the molecule is COc1ccc(-c2cnnc(NCCCO)n2)cc1. The van der Waals surface area contributed by atoms with E-state index >= 15 is 0 Å². The van der Waals surface area contributed by atoms with Crippen molar-refractivity contribution >= 4 is 5.95 Å². The highest BCUT2D eigenvalue weighted by Gasteiger charge is 2.03. The summed E-state index contributed by atoms with van der Waals surface area (Å²) in [5.74, 6) is 1.26. The molecule has 0 unspecified atom stereocenters. The second kappa shape index (κ2) is 6.65. The first kappa shape index (κ1) is 13.2. The molecule has 0 aliphatic heterocycles. The predicted molar refractivity (Wildman–Crippen MR) is 72.0 cm³/mol. The summed E-state index contributed by atoms with van der Waals surface area (Å²) in [7, 11) is 1.63. The number of rotatable bonds is 6. The van der Waals surface area contributed by atoms with Gasteiger partial charge in [0.05, 0.1) is 19.0 Å². The summed E-state index contributed by atoms with van der Waals surface area (Å²) in [5.41, 5.74) is 1.69. The van der Waals surface area contributed by atoms with Crippen LogP contribution < -0.4 is 10.1 Å². The van der Waals surface area contributed by atoms with Crippen molar-refractivity contribution in [3.8, 4) is 17.0 Å². The molecule has 6 heteroatoms. The molecule has 1 heterocycles. The lowest BCUT2D eigenvalue weighted by Crippen LogP contribution is -2.08. The lowest BCUT2D eigenvalue weighted by atomic mass is 10.1. The minimum Gasteiger partial charge on any atom is -0.497 e. The number of benzene rings is 1. The van der Waals surface area contributed by atoms with E-state index in [0.29, 0.717) is 18.9 Å². The van der Waals surface area contributed by atoms with E-state index in [1.807, 2.05) is 24.3 Å². The van der Waals surface area contributed by atoms with Gasteiger partial charge in [0, 0.05) is 18.7 Å². The Kier molecular flexibility index (Phi) is 4.63. The number of ether oxygens (including phenoxy) is 1. The van der Waals surface area contributed by atoms with Gasteiger partial charge in [-0.15, -0.1) is 5.10 Å². The van der Waals surface area contributed by atoms with Crippen LogP contribution in [0.4, 0.5) is 5.95 Å². The molecule has 2 aromatic rings. The second-order valence-electron chi connectivity index (χ2n) is 3.90. The molecule has 6 nitrogen and oxygen atoms in total. The van der Waals surface area contributed by atoms with Crippen LogP contribution >= 0.6 is 0 Å². The average molecular weight is 260 g/mol. The third kappa shape index (κ3) is 3.62. The number of hydrogen-bond acceptors (Lipinski definition) is 6. The molecule has 2 rings (SSSR count). The molecule has 0 atom stereocenters. The molecule has 0 fully saturated rings. The number of nitrogens with one attached hydrogen (secondary N) is 1. The molecule has 0 spiro atoms. The van der Waals surface area contributed by atoms with Crippen LogP contribution in [0.1, 0.15) is 6.42 Å². The van der Waals surface area contributed by atoms with Gasteiger partial charge in [0.2, 0.25) is 5.95 Å². The van der Waals surface area contributed by atoms with E-state index in [9.17, 15) is 0 Å². The first-order valence-electron chi connectivity index (χ1n) is 6.02. The lowest BCUT2D eigenvalue weighted by Gasteiger charge is -2.05. The van der Waals surface area contributed by atoms with Crippen LogP contribution in [-0.2, 0) is 0 Å². The van der Waals surface area contributed by atoms with Crippen molar-refractivity contribution in [3.63, 3.8) is 0 Å². The highest BCUT2D eigenvalue weighted by atomic mass is 16.5. The zero-order valence-electron chi connectivity index (χ0n) is 10.7. The summed E-state index contributed by atoms with van der Waals surface area (Å²) in [4.78, 5) is 4.36. The van der Waals surface area contributed by atoms with Crippen LogP contribution in [-0.4, -0.2) is 40.5 Å². The number of aliphatic hydroxyl groups excluding tert-OH is 1. The molecule has 0 bridgehead atoms. The quantitative estimate of drug-likeness (QED) is 0.763. The molecular formula is C13H16N4O2. The van der Waals surface area contributed by atoms with Gasteiger partial charge in [-0.3, -0.25) is 0 Å². The standard InChI is InChI=1S/C13H16N4O2/c1-19-11-5-3-10(4-6-11)12-9-15-17-13(16-12)14-7-2-8-18/h3-6,9,18H,2,7-8H2,1H3,(H,14,16,17). The van der Waals surface area contributed by atoms with Gasteiger partial charge in [-0.2, -0.15) is 5.10 Å². The molecule has 19 heavy (non-hydrogen) atoms. The molecular weight excluding hydrogens is 244 g/mol. The van der Waals surface area contributed by atoms with Crippen LogP contribution in [0.15, 0.2) is 30.5 Å². The minimum absolute atomic E-state index is 0.137. The number of nitrogens with zero attached hydrogens (tertiary/aromatic N) is 3. The van der Waals surface area contributed by atoms with E-state index in [1.165, 1.54) is 0 Å². The van der Waals surface area contributed by atoms with Crippen LogP contribution in [0.2, 0.25) is 0 Å². The molecule has 0 saturated heterocycles. The van der Waals surface area contributed by atoms with E-state index in [1.54, 1.807) is 13.3 Å². The Balaban J connectivity index is 2.12. The zero-order valence-corrected chi connectivity index (χ0v) is 10.7. The van der Waals surface area contributed by atoms with Gasteiger partial charge in [0.25, 0.3) is 0 Å². The van der Waals surface area contributed by atoms with Gasteiger partial charge in [-0.1, -0.05) is 0 Å². The highest BCUT2D eigenvalue weighted by Crippen LogP contribution is 2.20. The largest absolute Gasteiger partial charge is 0.497 e. The van der Waals surface area contributed by atoms with Crippen molar-refractivity contribution < 1.29 is 9.84 Å². The zero-order chi connectivity index (χ0) is 13.5. The third-order valence-corrected chi connectivity index (χ3v) is 2.56. The number of aromatic nitrogens is 3. The van der Waals surface area contributed by atoms with Crippen molar-refractivity contribution in [2.24, 2.45) is 0 Å². The number of aliphatic hydroxyl groups is 1.